The van der Waals surface area contributed by atoms with Crippen molar-refractivity contribution in [3.8, 4) is 5.75 Å². The summed E-state index contributed by atoms with van der Waals surface area (Å²) >= 11 is 0. The zero-order chi connectivity index (χ0) is 43.0. The molecular formula is C41H42N6O11S. The highest BCUT2D eigenvalue weighted by molar-refractivity contribution is 7.92. The van der Waals surface area contributed by atoms with Gasteiger partial charge in [0, 0.05) is 48.0 Å². The predicted octanol–water partition coefficient (Wildman–Crippen LogP) is 3.32. The number of Topliss-reactive ketones (excluding diaryl/α,β-unsaturated/α-hetero) is 2. The van der Waals surface area contributed by atoms with Crippen molar-refractivity contribution in [2.45, 2.75) is 35.5 Å². The van der Waals surface area contributed by atoms with Gasteiger partial charge in [-0.3, -0.25) is 24.0 Å². The zero-order valence-electron chi connectivity index (χ0n) is 32.4. The van der Waals surface area contributed by atoms with E-state index in [1.54, 1.807) is 19.1 Å². The first kappa shape index (κ1) is 40.7. The van der Waals surface area contributed by atoms with Gasteiger partial charge in [0.05, 0.1) is 34.2 Å². The Balaban J connectivity index is 1.11. The largest absolute Gasteiger partial charge is 0.510 e. The van der Waals surface area contributed by atoms with Crippen LogP contribution in [0.4, 0.5) is 27.5 Å². The number of ketones is 2. The van der Waals surface area contributed by atoms with Crippen molar-refractivity contribution in [1.82, 2.24) is 4.90 Å². The second kappa shape index (κ2) is 14.4. The summed E-state index contributed by atoms with van der Waals surface area (Å²) < 4.78 is 29.1. The number of nitrogens with two attached hydrogens (primary N) is 1. The van der Waals surface area contributed by atoms with Gasteiger partial charge < -0.3 is 46.8 Å². The van der Waals surface area contributed by atoms with Crippen LogP contribution >= 0.6 is 0 Å². The molecular weight excluding hydrogens is 785 g/mol. The Morgan fingerprint density at radius 2 is 1.54 bits per heavy atom. The molecule has 7 rings (SSSR count). The molecule has 4 aromatic carbocycles. The lowest BCUT2D eigenvalue weighted by Gasteiger charge is -2.53. The van der Waals surface area contributed by atoms with Gasteiger partial charge >= 0.3 is 6.03 Å². The summed E-state index contributed by atoms with van der Waals surface area (Å²) in [5.74, 6) is -10.4. The van der Waals surface area contributed by atoms with Crippen molar-refractivity contribution in [1.29, 1.82) is 0 Å². The number of hydrogen-bond donors (Lipinski definition) is 9. The van der Waals surface area contributed by atoms with E-state index in [4.69, 9.17) is 5.73 Å². The Labute approximate surface area is 338 Å². The summed E-state index contributed by atoms with van der Waals surface area (Å²) in [5.41, 5.74) is 1.67. The third kappa shape index (κ3) is 6.40. The fraction of sp³-hybridized carbons (Fsp3) is 0.268. The van der Waals surface area contributed by atoms with Crippen molar-refractivity contribution in [3.05, 3.63) is 107 Å². The lowest BCUT2D eigenvalue weighted by Crippen LogP contribution is -2.68. The molecule has 0 aromatic heterocycles. The van der Waals surface area contributed by atoms with Crippen LogP contribution in [-0.4, -0.2) is 108 Å². The summed E-state index contributed by atoms with van der Waals surface area (Å²) in [4.78, 5) is 56.5. The van der Waals surface area contributed by atoms with Gasteiger partial charge in [-0.1, -0.05) is 31.2 Å². The van der Waals surface area contributed by atoms with Crippen LogP contribution in [0.15, 0.2) is 100 Å². The highest BCUT2D eigenvalue weighted by Crippen LogP contribution is 2.56. The average molecular weight is 827 g/mol. The first-order chi connectivity index (χ1) is 27.7. The number of likely N-dealkylation sites (N-methyl/N-ethyl adjacent to an activating group) is 1. The molecule has 0 radical (unpaired) electrons. The van der Waals surface area contributed by atoms with Crippen molar-refractivity contribution in [2.24, 2.45) is 17.6 Å². The number of carbonyl (C=O) groups excluding carboxylic acids is 4. The van der Waals surface area contributed by atoms with Crippen molar-refractivity contribution >= 4 is 67.1 Å². The van der Waals surface area contributed by atoms with Gasteiger partial charge in [0.1, 0.15) is 17.1 Å². The van der Waals surface area contributed by atoms with E-state index in [2.05, 4.69) is 15.4 Å². The number of aliphatic hydroxyl groups is 4. The molecule has 0 saturated heterocycles. The summed E-state index contributed by atoms with van der Waals surface area (Å²) in [7, 11) is 2.69. The zero-order valence-corrected chi connectivity index (χ0v) is 33.2. The van der Waals surface area contributed by atoms with Crippen LogP contribution in [-0.2, 0) is 19.6 Å². The van der Waals surface area contributed by atoms with Crippen molar-refractivity contribution < 1.29 is 53.1 Å². The molecule has 4 aromatic rings. The maximum Gasteiger partial charge on any atom is 0.323 e. The minimum atomic E-state index is -3.99. The molecule has 0 fully saturated rings. The highest BCUT2D eigenvalue weighted by atomic mass is 32.2. The lowest BCUT2D eigenvalue weighted by atomic mass is 9.55. The van der Waals surface area contributed by atoms with E-state index in [1.807, 2.05) is 37.2 Å². The number of amides is 3. The van der Waals surface area contributed by atoms with Gasteiger partial charge in [0.15, 0.2) is 17.1 Å². The Morgan fingerprint density at radius 1 is 0.881 bits per heavy atom. The van der Waals surface area contributed by atoms with E-state index in [1.165, 1.54) is 61.5 Å². The second-order valence-corrected chi connectivity index (χ2v) is 17.0. The molecule has 3 aliphatic rings. The molecule has 0 heterocycles. The maximum absolute atomic E-state index is 14.2. The van der Waals surface area contributed by atoms with Crippen LogP contribution in [0.5, 0.6) is 5.75 Å². The van der Waals surface area contributed by atoms with Crippen LogP contribution < -0.4 is 26.0 Å². The number of urea groups is 1. The molecule has 6 unspecified atom stereocenters. The normalized spacial score (nSPS) is 24.0. The summed E-state index contributed by atoms with van der Waals surface area (Å²) in [5, 5.41) is 64.3. The Bertz CT molecular complexity index is 2660. The van der Waals surface area contributed by atoms with E-state index in [0.717, 1.165) is 16.5 Å². The van der Waals surface area contributed by atoms with Crippen LogP contribution in [0.25, 0.3) is 10.8 Å². The van der Waals surface area contributed by atoms with E-state index in [-0.39, 0.29) is 33.1 Å². The van der Waals surface area contributed by atoms with Gasteiger partial charge in [-0.2, -0.15) is 0 Å². The van der Waals surface area contributed by atoms with E-state index < -0.39 is 97.4 Å². The van der Waals surface area contributed by atoms with Crippen LogP contribution in [0.3, 0.4) is 0 Å². The van der Waals surface area contributed by atoms with Gasteiger partial charge in [0.25, 0.3) is 15.9 Å². The number of rotatable bonds is 8. The third-order valence-electron chi connectivity index (χ3n) is 11.4. The SMILES string of the molecule is CC1c2ccc(NC(=O)Nc3ccc(NS(=O)(=O)c4ccc5c(N(C)C)cccc5c4)cc3)c(O)c2C(=O)C2=C(O)C3(O)C(=O)C(C(N)=O)=C(O)C(N(C)C)C3C(O)C21. The van der Waals surface area contributed by atoms with Gasteiger partial charge in [0.2, 0.25) is 5.78 Å². The molecule has 6 atom stereocenters. The first-order valence-electron chi connectivity index (χ1n) is 18.3. The number of phenols is 1. The van der Waals surface area contributed by atoms with E-state index in [0.29, 0.717) is 0 Å². The second-order valence-electron chi connectivity index (χ2n) is 15.3. The summed E-state index contributed by atoms with van der Waals surface area (Å²) in [6, 6.07) is 16.7. The number of aromatic hydroxyl groups is 1. The molecule has 0 spiro atoms. The molecule has 3 aliphatic carbocycles. The Morgan fingerprint density at radius 3 is 2.17 bits per heavy atom. The molecule has 0 bridgehead atoms. The number of nitrogens with zero attached hydrogens (tertiary/aromatic N) is 2. The standard InChI is InChI=1S/C41H42N6O11S/c1-18-23-15-16-25(33(48)28(23)34(49)29-27(18)35(50)31-32(47(4)5)36(51)30(39(42)54)38(53)41(31,56)37(29)52)44-40(55)43-20-9-11-21(12-10-20)45-59(57,58)22-13-14-24-19(17-22)7-6-8-26(24)46(2)3/h6-18,27,31-32,35,45,48,50-52,56H,1-5H3,(H2,42,54)(H2,43,44,55). The molecule has 10 N–H and O–H groups in total. The van der Waals surface area contributed by atoms with Gasteiger partial charge in [-0.25, -0.2) is 13.2 Å². The van der Waals surface area contributed by atoms with Gasteiger partial charge in [-0.15, -0.1) is 0 Å². The topological polar surface area (TPSA) is 272 Å². The number of phenolic OH excluding ortho intramolecular Hbond substituents is 1. The maximum atomic E-state index is 14.2. The number of carbonyl (C=O) groups is 4. The van der Waals surface area contributed by atoms with E-state index in [9.17, 15) is 53.1 Å². The number of aliphatic hydroxyl groups excluding tert-OH is 3. The number of nitrogens with one attached hydrogen (secondary N) is 3. The number of anilines is 4. The number of sulfonamides is 1. The minimum absolute atomic E-state index is 0.0528. The van der Waals surface area contributed by atoms with E-state index >= 15 is 0 Å². The molecule has 17 nitrogen and oxygen atoms in total. The van der Waals surface area contributed by atoms with Crippen molar-refractivity contribution in [3.63, 3.8) is 0 Å². The highest BCUT2D eigenvalue weighted by Gasteiger charge is 2.67. The molecule has 59 heavy (non-hydrogen) atoms. The van der Waals surface area contributed by atoms with Crippen LogP contribution in [0, 0.1) is 11.8 Å². The predicted molar refractivity (Wildman–Crippen MR) is 218 cm³/mol. The quantitative estimate of drug-likeness (QED) is 0.0913. The smallest absolute Gasteiger partial charge is 0.323 e. The molecule has 3 amide bonds. The Kier molecular flexibility index (Phi) is 9.95. The lowest BCUT2D eigenvalue weighted by molar-refractivity contribution is -0.162. The van der Waals surface area contributed by atoms with Gasteiger partial charge in [-0.05, 0) is 79.5 Å². The molecule has 0 aliphatic heterocycles. The fourth-order valence-electron chi connectivity index (χ4n) is 8.65. The molecule has 0 saturated carbocycles. The monoisotopic (exact) mass is 826 g/mol. The third-order valence-corrected chi connectivity index (χ3v) is 12.8. The molecule has 308 valence electrons. The fourth-order valence-corrected chi connectivity index (χ4v) is 9.74. The van der Waals surface area contributed by atoms with Crippen LogP contribution in [0.1, 0.15) is 28.8 Å². The number of benzene rings is 4. The summed E-state index contributed by atoms with van der Waals surface area (Å²) in [6.07, 6.45) is -1.76. The molecule has 18 heteroatoms. The Hall–Kier alpha value is -6.47. The summed E-state index contributed by atoms with van der Waals surface area (Å²) in [6.45, 7) is 1.59. The number of fused-ring (bicyclic) bond motifs is 4. The number of hydrogen-bond acceptors (Lipinski definition) is 13. The average Bonchev–Trinajstić information content (AvgIpc) is 3.17. The number of primary amides is 1. The minimum Gasteiger partial charge on any atom is -0.510 e. The first-order valence-corrected chi connectivity index (χ1v) is 19.8. The van der Waals surface area contributed by atoms with Crippen molar-refractivity contribution in [2.75, 3.05) is 48.4 Å². The van der Waals surface area contributed by atoms with Crippen LogP contribution in [0.2, 0.25) is 0 Å².